The number of nitrogens with zero attached hydrogens (tertiary/aromatic N) is 1. The molecule has 0 atom stereocenters. The first kappa shape index (κ1) is 12.6. The van der Waals surface area contributed by atoms with Crippen molar-refractivity contribution in [3.63, 3.8) is 0 Å². The number of anilines is 1. The predicted molar refractivity (Wildman–Crippen MR) is 62.7 cm³/mol. The lowest BCUT2D eigenvalue weighted by molar-refractivity contribution is -0.119. The Morgan fingerprint density at radius 1 is 1.38 bits per heavy atom. The highest BCUT2D eigenvalue weighted by Gasteiger charge is 2.20. The zero-order chi connectivity index (χ0) is 12.3. The number of nitrogens with two attached hydrogens (primary N) is 1. The molecular weight excluding hydrogens is 207 g/mol. The van der Waals surface area contributed by atoms with Gasteiger partial charge in [0.1, 0.15) is 5.82 Å². The van der Waals surface area contributed by atoms with Crippen LogP contribution < -0.4 is 10.6 Å². The maximum absolute atomic E-state index is 12.7. The molecule has 1 rings (SSSR count). The summed E-state index contributed by atoms with van der Waals surface area (Å²) in [5.74, 6) is -0.400. The van der Waals surface area contributed by atoms with E-state index in [1.54, 1.807) is 33.0 Å². The molecule has 3 nitrogen and oxygen atoms in total. The van der Waals surface area contributed by atoms with Crippen molar-refractivity contribution in [3.05, 3.63) is 30.1 Å². The van der Waals surface area contributed by atoms with Gasteiger partial charge >= 0.3 is 0 Å². The molecule has 0 aliphatic carbocycles. The summed E-state index contributed by atoms with van der Waals surface area (Å²) in [6.07, 6.45) is 0.251. The van der Waals surface area contributed by atoms with Crippen LogP contribution >= 0.6 is 0 Å². The molecule has 0 aliphatic heterocycles. The first-order valence-corrected chi connectivity index (χ1v) is 5.10. The lowest BCUT2D eigenvalue weighted by atomic mass is 10.0. The van der Waals surface area contributed by atoms with Gasteiger partial charge in [-0.1, -0.05) is 0 Å². The molecule has 0 aromatic heterocycles. The van der Waals surface area contributed by atoms with Crippen molar-refractivity contribution in [2.45, 2.75) is 25.8 Å². The lowest BCUT2D eigenvalue weighted by Gasteiger charge is -2.23. The van der Waals surface area contributed by atoms with E-state index >= 15 is 0 Å². The highest BCUT2D eigenvalue weighted by atomic mass is 19.1. The topological polar surface area (TPSA) is 46.3 Å². The monoisotopic (exact) mass is 224 g/mol. The Hall–Kier alpha value is -1.42. The number of amides is 1. The van der Waals surface area contributed by atoms with Crippen molar-refractivity contribution in [1.29, 1.82) is 0 Å². The maximum atomic E-state index is 12.7. The van der Waals surface area contributed by atoms with Gasteiger partial charge in [0.25, 0.3) is 0 Å². The minimum atomic E-state index is -0.536. The number of carbonyl (C=O) groups is 1. The normalized spacial score (nSPS) is 11.3. The molecule has 88 valence electrons. The van der Waals surface area contributed by atoms with Crippen molar-refractivity contribution >= 4 is 11.6 Å². The maximum Gasteiger partial charge on any atom is 0.228 e. The molecule has 0 saturated heterocycles. The van der Waals surface area contributed by atoms with Gasteiger partial charge in [0.15, 0.2) is 0 Å². The van der Waals surface area contributed by atoms with Crippen LogP contribution in [0, 0.1) is 5.82 Å². The molecule has 0 aliphatic rings. The predicted octanol–water partition coefficient (Wildman–Crippen LogP) is 1.92. The van der Waals surface area contributed by atoms with E-state index in [0.29, 0.717) is 5.69 Å². The summed E-state index contributed by atoms with van der Waals surface area (Å²) in [5, 5.41) is 0. The van der Waals surface area contributed by atoms with Crippen molar-refractivity contribution < 1.29 is 9.18 Å². The van der Waals surface area contributed by atoms with E-state index in [2.05, 4.69) is 0 Å². The molecule has 0 heterocycles. The van der Waals surface area contributed by atoms with E-state index < -0.39 is 5.54 Å². The minimum Gasteiger partial charge on any atom is -0.325 e. The highest BCUT2D eigenvalue weighted by Crippen LogP contribution is 2.16. The molecule has 16 heavy (non-hydrogen) atoms. The Kier molecular flexibility index (Phi) is 3.65. The van der Waals surface area contributed by atoms with Gasteiger partial charge in [-0.3, -0.25) is 4.79 Å². The summed E-state index contributed by atoms with van der Waals surface area (Å²) < 4.78 is 12.7. The second-order valence-corrected chi connectivity index (χ2v) is 4.59. The number of rotatable bonds is 3. The summed E-state index contributed by atoms with van der Waals surface area (Å²) in [7, 11) is 1.65. The fourth-order valence-electron chi connectivity index (χ4n) is 1.32. The van der Waals surface area contributed by atoms with Crippen LogP contribution in [0.5, 0.6) is 0 Å². The molecule has 0 spiro atoms. The third-order valence-electron chi connectivity index (χ3n) is 2.19. The number of halogens is 1. The number of hydrogen-bond donors (Lipinski definition) is 1. The molecule has 2 N–H and O–H groups in total. The minimum absolute atomic E-state index is 0.0842. The standard InChI is InChI=1S/C12H17FN2O/c1-12(2,14)8-11(16)15(3)10-6-4-9(13)5-7-10/h4-7H,8,14H2,1-3H3. The second-order valence-electron chi connectivity index (χ2n) is 4.59. The van der Waals surface area contributed by atoms with Gasteiger partial charge in [-0.15, -0.1) is 0 Å². The van der Waals surface area contributed by atoms with E-state index in [9.17, 15) is 9.18 Å². The van der Waals surface area contributed by atoms with Crippen LogP contribution in [-0.2, 0) is 4.79 Å². The SMILES string of the molecule is CN(C(=O)CC(C)(C)N)c1ccc(F)cc1. The van der Waals surface area contributed by atoms with Crippen LogP contribution in [-0.4, -0.2) is 18.5 Å². The van der Waals surface area contributed by atoms with E-state index in [0.717, 1.165) is 0 Å². The lowest BCUT2D eigenvalue weighted by Crippen LogP contribution is -2.39. The molecule has 0 radical (unpaired) electrons. The van der Waals surface area contributed by atoms with Crippen molar-refractivity contribution in [1.82, 2.24) is 0 Å². The van der Waals surface area contributed by atoms with Gasteiger partial charge < -0.3 is 10.6 Å². The number of benzene rings is 1. The Balaban J connectivity index is 2.74. The molecule has 1 aromatic rings. The van der Waals surface area contributed by atoms with E-state index in [1.165, 1.54) is 17.0 Å². The fraction of sp³-hybridized carbons (Fsp3) is 0.417. The van der Waals surface area contributed by atoms with E-state index in [-0.39, 0.29) is 18.1 Å². The zero-order valence-corrected chi connectivity index (χ0v) is 9.83. The van der Waals surface area contributed by atoms with Gasteiger partial charge in [-0.25, -0.2) is 4.39 Å². The summed E-state index contributed by atoms with van der Waals surface area (Å²) in [5.41, 5.74) is 5.90. The zero-order valence-electron chi connectivity index (χ0n) is 9.83. The summed E-state index contributed by atoms with van der Waals surface area (Å²) in [6, 6.07) is 5.78. The first-order valence-electron chi connectivity index (χ1n) is 5.10. The van der Waals surface area contributed by atoms with Gasteiger partial charge in [-0.2, -0.15) is 0 Å². The molecular formula is C12H17FN2O. The average Bonchev–Trinajstić information content (AvgIpc) is 2.15. The van der Waals surface area contributed by atoms with Crippen LogP contribution in [0.1, 0.15) is 20.3 Å². The molecule has 0 saturated carbocycles. The quantitative estimate of drug-likeness (QED) is 0.852. The third-order valence-corrected chi connectivity index (χ3v) is 2.19. The molecule has 0 fully saturated rings. The van der Waals surface area contributed by atoms with Crippen LogP contribution in [0.2, 0.25) is 0 Å². The summed E-state index contributed by atoms with van der Waals surface area (Å²) in [4.78, 5) is 13.3. The number of carbonyl (C=O) groups excluding carboxylic acids is 1. The van der Waals surface area contributed by atoms with Crippen molar-refractivity contribution in [2.75, 3.05) is 11.9 Å². The summed E-state index contributed by atoms with van der Waals surface area (Å²) >= 11 is 0. The molecule has 1 aromatic carbocycles. The Bertz CT molecular complexity index is 368. The molecule has 0 bridgehead atoms. The van der Waals surface area contributed by atoms with Crippen molar-refractivity contribution in [2.24, 2.45) is 5.73 Å². The van der Waals surface area contributed by atoms with Gasteiger partial charge in [0, 0.05) is 24.7 Å². The highest BCUT2D eigenvalue weighted by molar-refractivity contribution is 5.93. The Morgan fingerprint density at radius 2 is 1.88 bits per heavy atom. The van der Waals surface area contributed by atoms with Gasteiger partial charge in [-0.05, 0) is 38.1 Å². The van der Waals surface area contributed by atoms with Gasteiger partial charge in [0.05, 0.1) is 0 Å². The Labute approximate surface area is 95.0 Å². The average molecular weight is 224 g/mol. The van der Waals surface area contributed by atoms with Crippen LogP contribution in [0.3, 0.4) is 0 Å². The van der Waals surface area contributed by atoms with Crippen LogP contribution in [0.25, 0.3) is 0 Å². The first-order chi connectivity index (χ1) is 7.29. The van der Waals surface area contributed by atoms with Gasteiger partial charge in [0.2, 0.25) is 5.91 Å². The smallest absolute Gasteiger partial charge is 0.228 e. The van der Waals surface area contributed by atoms with Crippen molar-refractivity contribution in [3.8, 4) is 0 Å². The van der Waals surface area contributed by atoms with E-state index in [4.69, 9.17) is 5.73 Å². The van der Waals surface area contributed by atoms with Crippen LogP contribution in [0.15, 0.2) is 24.3 Å². The van der Waals surface area contributed by atoms with Crippen LogP contribution in [0.4, 0.5) is 10.1 Å². The fourth-order valence-corrected chi connectivity index (χ4v) is 1.32. The summed E-state index contributed by atoms with van der Waals surface area (Å²) in [6.45, 7) is 3.59. The Morgan fingerprint density at radius 3 is 2.31 bits per heavy atom. The number of hydrogen-bond acceptors (Lipinski definition) is 2. The molecule has 1 amide bonds. The third kappa shape index (κ3) is 3.62. The molecule has 4 heteroatoms. The second kappa shape index (κ2) is 4.61. The molecule has 0 unspecified atom stereocenters. The van der Waals surface area contributed by atoms with E-state index in [1.807, 2.05) is 0 Å². The largest absolute Gasteiger partial charge is 0.325 e.